The monoisotopic (exact) mass is 233 g/mol. The zero-order chi connectivity index (χ0) is 11.9. The minimum Gasteiger partial charge on any atom is -0.335 e. The van der Waals surface area contributed by atoms with Gasteiger partial charge in [-0.3, -0.25) is 4.98 Å². The van der Waals surface area contributed by atoms with Crippen LogP contribution in [0.25, 0.3) is 0 Å². The summed E-state index contributed by atoms with van der Waals surface area (Å²) in [5, 5.41) is 0. The van der Waals surface area contributed by atoms with Crippen molar-refractivity contribution < 1.29 is 4.90 Å². The first-order chi connectivity index (χ1) is 8.36. The third kappa shape index (κ3) is 4.12. The number of pyridine rings is 1. The molecule has 2 heteroatoms. The first-order valence-corrected chi connectivity index (χ1v) is 7.08. The highest BCUT2D eigenvalue weighted by Gasteiger charge is 2.19. The van der Waals surface area contributed by atoms with E-state index >= 15 is 0 Å². The quantitative estimate of drug-likeness (QED) is 0.786. The molecule has 0 saturated heterocycles. The van der Waals surface area contributed by atoms with Gasteiger partial charge in [-0.1, -0.05) is 18.9 Å². The van der Waals surface area contributed by atoms with E-state index in [4.69, 9.17) is 0 Å². The molecule has 1 aliphatic carbocycles. The third-order valence-corrected chi connectivity index (χ3v) is 4.05. The summed E-state index contributed by atoms with van der Waals surface area (Å²) in [6.07, 6.45) is 11.6. The fraction of sp³-hybridized carbons (Fsp3) is 0.667. The van der Waals surface area contributed by atoms with Crippen LogP contribution in [0.4, 0.5) is 0 Å². The normalized spacial score (nSPS) is 19.8. The highest BCUT2D eigenvalue weighted by atomic mass is 15.1. The molecule has 1 heterocycles. The molecule has 0 radical (unpaired) electrons. The molecule has 1 N–H and O–H groups in total. The second-order valence-corrected chi connectivity index (χ2v) is 5.36. The highest BCUT2D eigenvalue weighted by Crippen LogP contribution is 2.15. The van der Waals surface area contributed by atoms with Crippen LogP contribution in [0.5, 0.6) is 0 Å². The lowest BCUT2D eigenvalue weighted by Crippen LogP contribution is -3.13. The molecule has 0 spiro atoms. The first kappa shape index (κ1) is 12.6. The summed E-state index contributed by atoms with van der Waals surface area (Å²) in [7, 11) is 2.36. The molecule has 1 aliphatic rings. The predicted octanol–water partition coefficient (Wildman–Crippen LogP) is 1.86. The molecule has 0 bridgehead atoms. The molecule has 0 amide bonds. The lowest BCUT2D eigenvalue weighted by molar-refractivity contribution is -0.906. The lowest BCUT2D eigenvalue weighted by Gasteiger charge is -2.23. The summed E-state index contributed by atoms with van der Waals surface area (Å²) in [6, 6.07) is 7.11. The summed E-state index contributed by atoms with van der Waals surface area (Å²) in [5.74, 6) is 0. The van der Waals surface area contributed by atoms with Crippen molar-refractivity contribution in [3.8, 4) is 0 Å². The zero-order valence-electron chi connectivity index (χ0n) is 11.0. The van der Waals surface area contributed by atoms with Gasteiger partial charge in [0.1, 0.15) is 0 Å². The van der Waals surface area contributed by atoms with E-state index < -0.39 is 0 Å². The van der Waals surface area contributed by atoms with E-state index in [1.807, 2.05) is 12.3 Å². The molecule has 0 aromatic carbocycles. The standard InChI is InChI=1S/C15H24N2/c1-17(15-9-4-2-3-5-10-15)13-11-14-8-6-7-12-16-14/h6-8,12,15H,2-5,9-11,13H2,1H3/p+1. The minimum absolute atomic E-state index is 0.890. The number of quaternary nitrogens is 1. The molecule has 1 unspecified atom stereocenters. The average molecular weight is 233 g/mol. The lowest BCUT2D eigenvalue weighted by atomic mass is 10.1. The van der Waals surface area contributed by atoms with Crippen molar-refractivity contribution in [1.82, 2.24) is 4.98 Å². The molecule has 17 heavy (non-hydrogen) atoms. The van der Waals surface area contributed by atoms with E-state index in [9.17, 15) is 0 Å². The van der Waals surface area contributed by atoms with Gasteiger partial charge in [-0.15, -0.1) is 0 Å². The van der Waals surface area contributed by atoms with Crippen LogP contribution in [-0.2, 0) is 6.42 Å². The van der Waals surface area contributed by atoms with E-state index in [1.165, 1.54) is 50.8 Å². The summed E-state index contributed by atoms with van der Waals surface area (Å²) in [5.41, 5.74) is 1.24. The van der Waals surface area contributed by atoms with Crippen LogP contribution in [-0.4, -0.2) is 24.6 Å². The number of aromatic nitrogens is 1. The topological polar surface area (TPSA) is 17.3 Å². The van der Waals surface area contributed by atoms with Gasteiger partial charge in [0.25, 0.3) is 0 Å². The van der Waals surface area contributed by atoms with Crippen LogP contribution in [0, 0.1) is 0 Å². The van der Waals surface area contributed by atoms with Crippen molar-refractivity contribution in [2.45, 2.75) is 51.0 Å². The molecule has 1 aromatic rings. The maximum absolute atomic E-state index is 4.40. The van der Waals surface area contributed by atoms with Crippen molar-refractivity contribution in [2.24, 2.45) is 0 Å². The van der Waals surface area contributed by atoms with E-state index in [-0.39, 0.29) is 0 Å². The maximum atomic E-state index is 4.40. The Morgan fingerprint density at radius 1 is 1.18 bits per heavy atom. The van der Waals surface area contributed by atoms with Crippen LogP contribution in [0.2, 0.25) is 0 Å². The van der Waals surface area contributed by atoms with E-state index in [0.29, 0.717) is 0 Å². The number of hydrogen-bond acceptors (Lipinski definition) is 1. The molecular formula is C15H25N2+. The van der Waals surface area contributed by atoms with Gasteiger partial charge in [0.05, 0.1) is 19.6 Å². The van der Waals surface area contributed by atoms with Crippen LogP contribution in [0.3, 0.4) is 0 Å². The van der Waals surface area contributed by atoms with E-state index in [2.05, 4.69) is 24.2 Å². The van der Waals surface area contributed by atoms with Gasteiger partial charge in [-0.2, -0.15) is 0 Å². The second kappa shape index (κ2) is 6.75. The fourth-order valence-corrected chi connectivity index (χ4v) is 2.85. The van der Waals surface area contributed by atoms with E-state index in [0.717, 1.165) is 12.5 Å². The van der Waals surface area contributed by atoms with Crippen molar-refractivity contribution >= 4 is 0 Å². The third-order valence-electron chi connectivity index (χ3n) is 4.05. The number of nitrogens with zero attached hydrogens (tertiary/aromatic N) is 1. The van der Waals surface area contributed by atoms with Crippen LogP contribution in [0.1, 0.15) is 44.2 Å². The van der Waals surface area contributed by atoms with Gasteiger partial charge in [0.15, 0.2) is 0 Å². The van der Waals surface area contributed by atoms with Gasteiger partial charge in [-0.25, -0.2) is 0 Å². The first-order valence-electron chi connectivity index (χ1n) is 7.08. The number of nitrogens with one attached hydrogen (secondary N) is 1. The van der Waals surface area contributed by atoms with Crippen molar-refractivity contribution in [2.75, 3.05) is 13.6 Å². The number of rotatable bonds is 4. The Kier molecular flexibility index (Phi) is 4.99. The Hall–Kier alpha value is -0.890. The summed E-state index contributed by atoms with van der Waals surface area (Å²) in [6.45, 7) is 1.22. The van der Waals surface area contributed by atoms with Gasteiger partial charge >= 0.3 is 0 Å². The number of likely N-dealkylation sites (N-methyl/N-ethyl adjacent to an activating group) is 1. The Morgan fingerprint density at radius 3 is 2.59 bits per heavy atom. The van der Waals surface area contributed by atoms with Crippen molar-refractivity contribution in [3.63, 3.8) is 0 Å². The Labute approximate surface area is 105 Å². The Bertz CT molecular complexity index is 302. The van der Waals surface area contributed by atoms with Crippen LogP contribution in [0.15, 0.2) is 24.4 Å². The van der Waals surface area contributed by atoms with Crippen LogP contribution < -0.4 is 4.90 Å². The molecule has 94 valence electrons. The Balaban J connectivity index is 1.78. The van der Waals surface area contributed by atoms with Crippen molar-refractivity contribution in [3.05, 3.63) is 30.1 Å². The molecule has 2 rings (SSSR count). The molecule has 1 aromatic heterocycles. The minimum atomic E-state index is 0.890. The van der Waals surface area contributed by atoms with Gasteiger partial charge in [0, 0.05) is 18.3 Å². The summed E-state index contributed by atoms with van der Waals surface area (Å²) < 4.78 is 0. The van der Waals surface area contributed by atoms with Crippen molar-refractivity contribution in [1.29, 1.82) is 0 Å². The summed E-state index contributed by atoms with van der Waals surface area (Å²) in [4.78, 5) is 6.11. The maximum Gasteiger partial charge on any atom is 0.0872 e. The molecule has 2 nitrogen and oxygen atoms in total. The molecule has 1 atom stereocenters. The van der Waals surface area contributed by atoms with Gasteiger partial charge < -0.3 is 4.90 Å². The molecular weight excluding hydrogens is 208 g/mol. The highest BCUT2D eigenvalue weighted by molar-refractivity contribution is 5.03. The molecule has 1 fully saturated rings. The zero-order valence-corrected chi connectivity index (χ0v) is 11.0. The SMILES string of the molecule is C[NH+](CCc1ccccn1)C1CCCCCC1. The smallest absolute Gasteiger partial charge is 0.0872 e. The average Bonchev–Trinajstić information content (AvgIpc) is 2.66. The van der Waals surface area contributed by atoms with Gasteiger partial charge in [-0.05, 0) is 37.8 Å². The molecule has 1 saturated carbocycles. The largest absolute Gasteiger partial charge is 0.335 e. The Morgan fingerprint density at radius 2 is 1.94 bits per heavy atom. The van der Waals surface area contributed by atoms with E-state index in [1.54, 1.807) is 4.90 Å². The van der Waals surface area contributed by atoms with Gasteiger partial charge in [0.2, 0.25) is 0 Å². The summed E-state index contributed by atoms with van der Waals surface area (Å²) >= 11 is 0. The fourth-order valence-electron chi connectivity index (χ4n) is 2.85. The van der Waals surface area contributed by atoms with Crippen LogP contribution >= 0.6 is 0 Å². The predicted molar refractivity (Wildman–Crippen MR) is 71.2 cm³/mol. The molecule has 0 aliphatic heterocycles. The number of hydrogen-bond donors (Lipinski definition) is 1. The second-order valence-electron chi connectivity index (χ2n) is 5.36.